The average Bonchev–Trinajstić information content (AvgIpc) is 2.48. The molecule has 0 aliphatic rings. The second-order valence-electron chi connectivity index (χ2n) is 4.58. The van der Waals surface area contributed by atoms with E-state index in [2.05, 4.69) is 0 Å². The lowest BCUT2D eigenvalue weighted by Crippen LogP contribution is -2.28. The van der Waals surface area contributed by atoms with E-state index in [9.17, 15) is 9.18 Å². The van der Waals surface area contributed by atoms with Crippen molar-refractivity contribution in [3.8, 4) is 0 Å². The van der Waals surface area contributed by atoms with E-state index in [1.54, 1.807) is 37.4 Å². The number of hydrogen-bond acceptors (Lipinski definition) is 2. The Morgan fingerprint density at radius 3 is 2.52 bits per heavy atom. The van der Waals surface area contributed by atoms with E-state index in [4.69, 9.17) is 11.6 Å². The average molecular weight is 324 g/mol. The normalized spacial score (nSPS) is 10.4. The van der Waals surface area contributed by atoms with E-state index in [1.807, 2.05) is 12.1 Å². The second-order valence-corrected chi connectivity index (χ2v) is 6.07. The van der Waals surface area contributed by atoms with Gasteiger partial charge in [0.1, 0.15) is 5.82 Å². The highest BCUT2D eigenvalue weighted by Gasteiger charge is 2.11. The predicted molar refractivity (Wildman–Crippen MR) is 85.1 cm³/mol. The molecule has 0 aliphatic carbocycles. The van der Waals surface area contributed by atoms with Gasteiger partial charge in [-0.15, -0.1) is 11.8 Å². The largest absolute Gasteiger partial charge is 0.341 e. The summed E-state index contributed by atoms with van der Waals surface area (Å²) >= 11 is 7.25. The molecule has 0 radical (unpaired) electrons. The van der Waals surface area contributed by atoms with Crippen LogP contribution >= 0.6 is 23.4 Å². The molecule has 0 unspecified atom stereocenters. The van der Waals surface area contributed by atoms with Gasteiger partial charge in [0.05, 0.1) is 5.75 Å². The molecular weight excluding hydrogens is 309 g/mol. The molecule has 2 rings (SSSR count). The van der Waals surface area contributed by atoms with E-state index in [1.165, 1.54) is 22.7 Å². The fourth-order valence-corrected chi connectivity index (χ4v) is 2.72. The van der Waals surface area contributed by atoms with Crippen LogP contribution in [0.3, 0.4) is 0 Å². The third-order valence-corrected chi connectivity index (χ3v) is 4.22. The van der Waals surface area contributed by atoms with Crippen molar-refractivity contribution < 1.29 is 9.18 Å². The Morgan fingerprint density at radius 2 is 1.86 bits per heavy atom. The molecule has 0 saturated heterocycles. The number of thioether (sulfide) groups is 1. The van der Waals surface area contributed by atoms with Crippen LogP contribution in [0.15, 0.2) is 53.4 Å². The monoisotopic (exact) mass is 323 g/mol. The van der Waals surface area contributed by atoms with Crippen molar-refractivity contribution >= 4 is 29.3 Å². The molecule has 0 aromatic heterocycles. The third kappa shape index (κ3) is 4.76. The van der Waals surface area contributed by atoms with Gasteiger partial charge in [-0.1, -0.05) is 29.8 Å². The van der Waals surface area contributed by atoms with Crippen molar-refractivity contribution in [2.75, 3.05) is 12.8 Å². The van der Waals surface area contributed by atoms with Gasteiger partial charge in [-0.05, 0) is 30.3 Å². The molecule has 0 spiro atoms. The fraction of sp³-hybridized carbons (Fsp3) is 0.188. The van der Waals surface area contributed by atoms with Crippen molar-refractivity contribution in [1.29, 1.82) is 0 Å². The molecule has 0 atom stereocenters. The Hall–Kier alpha value is -1.52. The van der Waals surface area contributed by atoms with Crippen LogP contribution in [0.4, 0.5) is 4.39 Å². The quantitative estimate of drug-likeness (QED) is 0.767. The Bertz CT molecular complexity index is 618. The topological polar surface area (TPSA) is 20.3 Å². The maximum atomic E-state index is 13.5. The molecule has 0 heterocycles. The predicted octanol–water partition coefficient (Wildman–Crippen LogP) is 4.23. The first-order chi connectivity index (χ1) is 10.1. The van der Waals surface area contributed by atoms with Crippen LogP contribution in [0.1, 0.15) is 5.56 Å². The van der Waals surface area contributed by atoms with Crippen molar-refractivity contribution in [2.24, 2.45) is 0 Å². The van der Waals surface area contributed by atoms with Gasteiger partial charge in [0.25, 0.3) is 0 Å². The van der Waals surface area contributed by atoms with Crippen LogP contribution in [0.2, 0.25) is 5.02 Å². The number of rotatable bonds is 5. The van der Waals surface area contributed by atoms with E-state index in [-0.39, 0.29) is 18.3 Å². The number of hydrogen-bond donors (Lipinski definition) is 0. The van der Waals surface area contributed by atoms with Crippen LogP contribution < -0.4 is 0 Å². The van der Waals surface area contributed by atoms with Gasteiger partial charge >= 0.3 is 0 Å². The van der Waals surface area contributed by atoms with E-state index in [0.29, 0.717) is 16.3 Å². The summed E-state index contributed by atoms with van der Waals surface area (Å²) in [4.78, 5) is 14.6. The van der Waals surface area contributed by atoms with Gasteiger partial charge in [0.2, 0.25) is 5.91 Å². The van der Waals surface area contributed by atoms with Gasteiger partial charge < -0.3 is 4.90 Å². The summed E-state index contributed by atoms with van der Waals surface area (Å²) in [6, 6.07) is 13.8. The van der Waals surface area contributed by atoms with E-state index in [0.717, 1.165) is 4.90 Å². The standard InChI is InChI=1S/C16H15ClFNOS/c1-19(10-12-4-2-3-5-15(12)18)16(20)11-21-14-8-6-13(17)7-9-14/h2-9H,10-11H2,1H3. The second kappa shape index (κ2) is 7.48. The number of carbonyl (C=O) groups is 1. The summed E-state index contributed by atoms with van der Waals surface area (Å²) in [7, 11) is 1.68. The lowest BCUT2D eigenvalue weighted by Gasteiger charge is -2.17. The maximum absolute atomic E-state index is 13.5. The van der Waals surface area contributed by atoms with Crippen LogP contribution in [0.25, 0.3) is 0 Å². The van der Waals surface area contributed by atoms with Gasteiger partial charge in [0.15, 0.2) is 0 Å². The van der Waals surface area contributed by atoms with Crippen molar-refractivity contribution in [3.05, 3.63) is 64.9 Å². The van der Waals surface area contributed by atoms with Crippen molar-refractivity contribution in [1.82, 2.24) is 4.90 Å². The molecule has 5 heteroatoms. The van der Waals surface area contributed by atoms with Gasteiger partial charge in [0, 0.05) is 29.1 Å². The maximum Gasteiger partial charge on any atom is 0.232 e. The van der Waals surface area contributed by atoms with E-state index >= 15 is 0 Å². The summed E-state index contributed by atoms with van der Waals surface area (Å²) in [6.45, 7) is 0.271. The molecule has 0 aliphatic heterocycles. The van der Waals surface area contributed by atoms with Crippen LogP contribution in [-0.4, -0.2) is 23.6 Å². The molecule has 2 aromatic rings. The molecule has 2 nitrogen and oxygen atoms in total. The first kappa shape index (κ1) is 15.9. The minimum absolute atomic E-state index is 0.0433. The zero-order valence-electron chi connectivity index (χ0n) is 11.6. The summed E-state index contributed by atoms with van der Waals surface area (Å²) in [5, 5.41) is 0.669. The zero-order chi connectivity index (χ0) is 15.2. The Morgan fingerprint density at radius 1 is 1.19 bits per heavy atom. The summed E-state index contributed by atoms with van der Waals surface area (Å²) < 4.78 is 13.5. The minimum Gasteiger partial charge on any atom is -0.341 e. The molecule has 21 heavy (non-hydrogen) atoms. The Balaban J connectivity index is 1.88. The number of nitrogens with zero attached hydrogens (tertiary/aromatic N) is 1. The van der Waals surface area contributed by atoms with Gasteiger partial charge in [-0.25, -0.2) is 4.39 Å². The van der Waals surface area contributed by atoms with Gasteiger partial charge in [-0.2, -0.15) is 0 Å². The first-order valence-electron chi connectivity index (χ1n) is 6.42. The highest BCUT2D eigenvalue weighted by molar-refractivity contribution is 8.00. The number of carbonyl (C=O) groups excluding carboxylic acids is 1. The lowest BCUT2D eigenvalue weighted by atomic mass is 10.2. The summed E-state index contributed by atoms with van der Waals surface area (Å²) in [5.74, 6) is -0.0206. The SMILES string of the molecule is CN(Cc1ccccc1F)C(=O)CSc1ccc(Cl)cc1. The molecule has 0 N–H and O–H groups in total. The van der Waals surface area contributed by atoms with Crippen LogP contribution in [0.5, 0.6) is 0 Å². The number of amides is 1. The molecule has 110 valence electrons. The van der Waals surface area contributed by atoms with Crippen molar-refractivity contribution in [2.45, 2.75) is 11.4 Å². The van der Waals surface area contributed by atoms with Crippen molar-refractivity contribution in [3.63, 3.8) is 0 Å². The van der Waals surface area contributed by atoms with E-state index < -0.39 is 0 Å². The highest BCUT2D eigenvalue weighted by Crippen LogP contribution is 2.21. The smallest absolute Gasteiger partial charge is 0.232 e. The van der Waals surface area contributed by atoms with Crippen LogP contribution in [0, 0.1) is 5.82 Å². The molecular formula is C16H15ClFNOS. The fourth-order valence-electron chi connectivity index (χ4n) is 1.76. The Labute approximate surface area is 132 Å². The van der Waals surface area contributed by atoms with Crippen LogP contribution in [-0.2, 0) is 11.3 Å². The molecule has 0 bridgehead atoms. The minimum atomic E-state index is -0.289. The number of benzene rings is 2. The molecule has 2 aromatic carbocycles. The summed E-state index contributed by atoms with van der Waals surface area (Å²) in [5.41, 5.74) is 0.518. The zero-order valence-corrected chi connectivity index (χ0v) is 13.1. The first-order valence-corrected chi connectivity index (χ1v) is 7.78. The molecule has 0 saturated carbocycles. The highest BCUT2D eigenvalue weighted by atomic mass is 35.5. The lowest BCUT2D eigenvalue weighted by molar-refractivity contribution is -0.127. The van der Waals surface area contributed by atoms with Gasteiger partial charge in [-0.3, -0.25) is 4.79 Å². The molecule has 0 fully saturated rings. The number of halogens is 2. The summed E-state index contributed by atoms with van der Waals surface area (Å²) in [6.07, 6.45) is 0. The Kier molecular flexibility index (Phi) is 5.65. The third-order valence-electron chi connectivity index (χ3n) is 2.97. The molecule has 1 amide bonds.